The predicted octanol–water partition coefficient (Wildman–Crippen LogP) is 1.50. The fraction of sp³-hybridized carbons (Fsp3) is 0.812. The van der Waals surface area contributed by atoms with Gasteiger partial charge >= 0.3 is 0 Å². The molecule has 8 nitrogen and oxygen atoms in total. The number of nitrogens with one attached hydrogen (secondary N) is 2. The van der Waals surface area contributed by atoms with Gasteiger partial charge < -0.3 is 15.2 Å². The number of aryl methyl sites for hydroxylation is 1. The monoisotopic (exact) mass is 498 g/mol. The third-order valence-electron chi connectivity index (χ3n) is 4.21. The fourth-order valence-corrected chi connectivity index (χ4v) is 3.61. The normalized spacial score (nSPS) is 16.2. The van der Waals surface area contributed by atoms with Gasteiger partial charge in [0.25, 0.3) is 0 Å². The second-order valence-electron chi connectivity index (χ2n) is 6.65. The Bertz CT molecular complexity index is 689. The second-order valence-corrected chi connectivity index (χ2v) is 8.91. The highest BCUT2D eigenvalue weighted by Gasteiger charge is 2.15. The summed E-state index contributed by atoms with van der Waals surface area (Å²) >= 11 is 0. The Labute approximate surface area is 173 Å². The molecule has 150 valence electrons. The van der Waals surface area contributed by atoms with Gasteiger partial charge in [-0.05, 0) is 33.1 Å². The number of halogens is 1. The molecule has 0 spiro atoms. The van der Waals surface area contributed by atoms with Crippen LogP contribution in [0.1, 0.15) is 51.2 Å². The minimum Gasteiger partial charge on any atom is -0.357 e. The van der Waals surface area contributed by atoms with Gasteiger partial charge in [0.2, 0.25) is 0 Å². The minimum atomic E-state index is -2.95. The topological polar surface area (TPSA) is 101 Å². The van der Waals surface area contributed by atoms with Crippen LogP contribution in [0.25, 0.3) is 0 Å². The van der Waals surface area contributed by atoms with E-state index in [0.717, 1.165) is 37.6 Å². The maximum absolute atomic E-state index is 11.3. The van der Waals surface area contributed by atoms with Gasteiger partial charge in [0.15, 0.2) is 11.8 Å². The number of aromatic nitrogens is 3. The van der Waals surface area contributed by atoms with Crippen molar-refractivity contribution in [1.29, 1.82) is 0 Å². The first-order chi connectivity index (χ1) is 11.9. The molecular formula is C16H31IN6O2S. The van der Waals surface area contributed by atoms with Crippen molar-refractivity contribution < 1.29 is 8.42 Å². The van der Waals surface area contributed by atoms with Gasteiger partial charge in [-0.25, -0.2) is 13.4 Å². The smallest absolute Gasteiger partial charge is 0.191 e. The number of fused-ring (bicyclic) bond motifs is 1. The highest BCUT2D eigenvalue weighted by atomic mass is 127. The van der Waals surface area contributed by atoms with Crippen LogP contribution in [0, 0.1) is 0 Å². The van der Waals surface area contributed by atoms with Crippen LogP contribution in [0.2, 0.25) is 0 Å². The van der Waals surface area contributed by atoms with Crippen LogP contribution in [0.3, 0.4) is 0 Å². The van der Waals surface area contributed by atoms with E-state index in [0.29, 0.717) is 18.9 Å². The predicted molar refractivity (Wildman–Crippen MR) is 115 cm³/mol. The van der Waals surface area contributed by atoms with Gasteiger partial charge in [0, 0.05) is 31.8 Å². The number of guanidine groups is 1. The SMILES string of the molecule is CCNC(=NCc1nnc2n1CCCCC2)NC(C)CCS(C)(=O)=O.I. The van der Waals surface area contributed by atoms with Crippen molar-refractivity contribution in [1.82, 2.24) is 25.4 Å². The Morgan fingerprint density at radius 3 is 2.77 bits per heavy atom. The molecule has 0 saturated carbocycles. The van der Waals surface area contributed by atoms with Crippen LogP contribution >= 0.6 is 24.0 Å². The summed E-state index contributed by atoms with van der Waals surface area (Å²) in [5.74, 6) is 2.78. The summed E-state index contributed by atoms with van der Waals surface area (Å²) in [5.41, 5.74) is 0. The van der Waals surface area contributed by atoms with E-state index >= 15 is 0 Å². The fourth-order valence-electron chi connectivity index (χ4n) is 2.83. The molecule has 0 bridgehead atoms. The van der Waals surface area contributed by atoms with E-state index in [4.69, 9.17) is 0 Å². The summed E-state index contributed by atoms with van der Waals surface area (Å²) in [6.07, 6.45) is 6.34. The van der Waals surface area contributed by atoms with Crippen LogP contribution < -0.4 is 10.6 Å². The standard InChI is InChI=1S/C16H30N6O2S.HI/c1-4-17-16(19-13(2)9-11-25(3,23)24)18-12-15-21-20-14-8-6-5-7-10-22(14)15;/h13H,4-12H2,1-3H3,(H2,17,18,19);1H. The van der Waals surface area contributed by atoms with Crippen LogP contribution in [0.5, 0.6) is 0 Å². The molecule has 1 atom stereocenters. The summed E-state index contributed by atoms with van der Waals surface area (Å²) in [4.78, 5) is 4.60. The average molecular weight is 498 g/mol. The van der Waals surface area contributed by atoms with Gasteiger partial charge in [-0.1, -0.05) is 6.42 Å². The quantitative estimate of drug-likeness (QED) is 0.336. The molecule has 2 rings (SSSR count). The molecule has 2 heterocycles. The molecular weight excluding hydrogens is 467 g/mol. The summed E-state index contributed by atoms with van der Waals surface area (Å²) in [7, 11) is -2.95. The van der Waals surface area contributed by atoms with E-state index in [1.807, 2.05) is 13.8 Å². The number of hydrogen-bond acceptors (Lipinski definition) is 5. The molecule has 10 heteroatoms. The van der Waals surface area contributed by atoms with Crippen LogP contribution in [-0.2, 0) is 29.3 Å². The molecule has 2 N–H and O–H groups in total. The summed E-state index contributed by atoms with van der Waals surface area (Å²) in [5, 5.41) is 15.0. The number of hydrogen-bond donors (Lipinski definition) is 2. The largest absolute Gasteiger partial charge is 0.357 e. The Morgan fingerprint density at radius 2 is 2.08 bits per heavy atom. The lowest BCUT2D eigenvalue weighted by Gasteiger charge is -2.17. The molecule has 0 saturated heterocycles. The van der Waals surface area contributed by atoms with Crippen molar-refractivity contribution in [3.05, 3.63) is 11.6 Å². The first kappa shape index (κ1) is 23.1. The highest BCUT2D eigenvalue weighted by Crippen LogP contribution is 2.14. The highest BCUT2D eigenvalue weighted by molar-refractivity contribution is 14.0. The van der Waals surface area contributed by atoms with E-state index in [9.17, 15) is 8.42 Å². The molecule has 0 radical (unpaired) electrons. The zero-order chi connectivity index (χ0) is 18.3. The molecule has 1 aromatic rings. The Morgan fingerprint density at radius 1 is 1.31 bits per heavy atom. The molecule has 26 heavy (non-hydrogen) atoms. The lowest BCUT2D eigenvalue weighted by atomic mass is 10.2. The van der Waals surface area contributed by atoms with Gasteiger partial charge in [-0.15, -0.1) is 34.2 Å². The first-order valence-electron chi connectivity index (χ1n) is 9.02. The lowest BCUT2D eigenvalue weighted by molar-refractivity contribution is 0.580. The minimum absolute atomic E-state index is 0. The van der Waals surface area contributed by atoms with E-state index < -0.39 is 9.84 Å². The lowest BCUT2D eigenvalue weighted by Crippen LogP contribution is -2.42. The molecule has 0 amide bonds. The first-order valence-corrected chi connectivity index (χ1v) is 11.1. The van der Waals surface area contributed by atoms with Crippen molar-refractivity contribution in [2.75, 3.05) is 18.6 Å². The van der Waals surface area contributed by atoms with Crippen molar-refractivity contribution >= 4 is 39.8 Å². The van der Waals surface area contributed by atoms with Gasteiger partial charge in [0.1, 0.15) is 22.2 Å². The summed E-state index contributed by atoms with van der Waals surface area (Å²) in [6, 6.07) is 0.0167. The molecule has 1 aliphatic heterocycles. The number of aliphatic imine (C=N–C) groups is 1. The van der Waals surface area contributed by atoms with E-state index in [2.05, 4.69) is 30.4 Å². The van der Waals surface area contributed by atoms with E-state index in [1.54, 1.807) is 0 Å². The molecule has 0 aromatic carbocycles. The molecule has 1 unspecified atom stereocenters. The number of sulfone groups is 1. The number of rotatable bonds is 7. The Balaban J connectivity index is 0.00000338. The van der Waals surface area contributed by atoms with Gasteiger partial charge in [0.05, 0.1) is 5.75 Å². The Hall–Kier alpha value is -0.910. The molecule has 0 aliphatic carbocycles. The average Bonchev–Trinajstić information content (AvgIpc) is 2.77. The summed E-state index contributed by atoms with van der Waals surface area (Å²) in [6.45, 7) is 6.12. The molecule has 0 fully saturated rings. The maximum atomic E-state index is 11.3. The zero-order valence-corrected chi connectivity index (χ0v) is 19.0. The van der Waals surface area contributed by atoms with E-state index in [1.165, 1.54) is 19.1 Å². The van der Waals surface area contributed by atoms with Crippen molar-refractivity contribution in [3.8, 4) is 0 Å². The van der Waals surface area contributed by atoms with Gasteiger partial charge in [-0.3, -0.25) is 0 Å². The molecule has 1 aliphatic rings. The van der Waals surface area contributed by atoms with Crippen LogP contribution in [0.15, 0.2) is 4.99 Å². The summed E-state index contributed by atoms with van der Waals surface area (Å²) < 4.78 is 24.8. The van der Waals surface area contributed by atoms with Crippen molar-refractivity contribution in [2.24, 2.45) is 4.99 Å². The van der Waals surface area contributed by atoms with Crippen LogP contribution in [0.4, 0.5) is 0 Å². The third kappa shape index (κ3) is 7.77. The Kier molecular flexibility index (Phi) is 9.83. The molecule has 1 aromatic heterocycles. The number of nitrogens with zero attached hydrogens (tertiary/aromatic N) is 4. The third-order valence-corrected chi connectivity index (χ3v) is 5.19. The second kappa shape index (κ2) is 11.1. The van der Waals surface area contributed by atoms with Crippen molar-refractivity contribution in [3.63, 3.8) is 0 Å². The zero-order valence-electron chi connectivity index (χ0n) is 15.9. The maximum Gasteiger partial charge on any atom is 0.191 e. The van der Waals surface area contributed by atoms with Gasteiger partial charge in [-0.2, -0.15) is 0 Å². The van der Waals surface area contributed by atoms with E-state index in [-0.39, 0.29) is 35.8 Å². The van der Waals surface area contributed by atoms with Crippen molar-refractivity contribution in [2.45, 2.75) is 65.1 Å². The van der Waals surface area contributed by atoms with Crippen LogP contribution in [-0.4, -0.2) is 53.7 Å².